The fraction of sp³-hybridized carbons (Fsp3) is 0.235. The van der Waals surface area contributed by atoms with E-state index >= 15 is 0 Å². The molecule has 0 aliphatic carbocycles. The van der Waals surface area contributed by atoms with Crippen LogP contribution in [0, 0.1) is 5.92 Å². The number of carbonyl (C=O) groups excluding carboxylic acids is 1. The lowest BCUT2D eigenvalue weighted by molar-refractivity contribution is -0.120. The first kappa shape index (κ1) is 17.7. The van der Waals surface area contributed by atoms with Crippen LogP contribution in [0.4, 0.5) is 5.69 Å². The minimum absolute atomic E-state index is 0.110. The van der Waals surface area contributed by atoms with Gasteiger partial charge in [-0.05, 0) is 54.5 Å². The van der Waals surface area contributed by atoms with Gasteiger partial charge in [-0.25, -0.2) is 4.79 Å². The molecule has 6 nitrogen and oxygen atoms in total. The predicted octanol–water partition coefficient (Wildman–Crippen LogP) is 3.50. The van der Waals surface area contributed by atoms with E-state index in [0.29, 0.717) is 17.9 Å². The molecule has 0 saturated carbocycles. The molecule has 2 aromatic rings. The van der Waals surface area contributed by atoms with Crippen LogP contribution >= 0.6 is 12.2 Å². The van der Waals surface area contributed by atoms with E-state index in [4.69, 9.17) is 21.7 Å². The summed E-state index contributed by atoms with van der Waals surface area (Å²) in [5.41, 5.74) is 1.45. The second-order valence-corrected chi connectivity index (χ2v) is 6.05. The van der Waals surface area contributed by atoms with Crippen LogP contribution in [0.1, 0.15) is 30.8 Å². The second-order valence-electron chi connectivity index (χ2n) is 5.65. The average Bonchev–Trinajstić information content (AvgIpc) is 2.96. The zero-order chi connectivity index (χ0) is 17.7. The normalized spacial score (nSPS) is 10.5. The molecule has 0 bridgehead atoms. The molecule has 126 valence electrons. The highest BCUT2D eigenvalue weighted by molar-refractivity contribution is 7.80. The summed E-state index contributed by atoms with van der Waals surface area (Å²) < 4.78 is 5.24. The molecule has 1 aromatic heterocycles. The molecule has 0 aliphatic rings. The number of benzene rings is 1. The van der Waals surface area contributed by atoms with E-state index in [-0.39, 0.29) is 22.7 Å². The highest BCUT2D eigenvalue weighted by Crippen LogP contribution is 2.23. The van der Waals surface area contributed by atoms with Gasteiger partial charge >= 0.3 is 5.97 Å². The number of hydrogen-bond donors (Lipinski definition) is 3. The van der Waals surface area contributed by atoms with Gasteiger partial charge in [0.1, 0.15) is 5.76 Å². The third kappa shape index (κ3) is 4.92. The lowest BCUT2D eigenvalue weighted by Crippen LogP contribution is -2.34. The van der Waals surface area contributed by atoms with Crippen LogP contribution in [0.3, 0.4) is 0 Å². The molecule has 1 aromatic carbocycles. The van der Waals surface area contributed by atoms with E-state index in [1.54, 1.807) is 30.3 Å². The predicted molar refractivity (Wildman–Crippen MR) is 94.9 cm³/mol. The molecule has 0 atom stereocenters. The Balaban J connectivity index is 1.97. The molecule has 0 aliphatic heterocycles. The van der Waals surface area contributed by atoms with Gasteiger partial charge in [0.25, 0.3) is 0 Å². The Kier molecular flexibility index (Phi) is 5.70. The van der Waals surface area contributed by atoms with Crippen molar-refractivity contribution in [2.24, 2.45) is 5.92 Å². The monoisotopic (exact) mass is 346 g/mol. The zero-order valence-electron chi connectivity index (χ0n) is 13.3. The molecule has 0 unspecified atom stereocenters. The molecule has 2 rings (SSSR count). The van der Waals surface area contributed by atoms with Crippen molar-refractivity contribution in [2.45, 2.75) is 20.3 Å². The Hall–Kier alpha value is -2.67. The van der Waals surface area contributed by atoms with Crippen molar-refractivity contribution in [1.29, 1.82) is 0 Å². The number of hydrogen-bond acceptors (Lipinski definition) is 4. The van der Waals surface area contributed by atoms with Crippen LogP contribution in [-0.4, -0.2) is 22.1 Å². The number of anilines is 1. The summed E-state index contributed by atoms with van der Waals surface area (Å²) >= 11 is 5.10. The molecular weight excluding hydrogens is 328 g/mol. The van der Waals surface area contributed by atoms with Crippen LogP contribution in [0.5, 0.6) is 0 Å². The van der Waals surface area contributed by atoms with Gasteiger partial charge in [0.2, 0.25) is 11.7 Å². The van der Waals surface area contributed by atoms with Gasteiger partial charge in [0.05, 0.1) is 0 Å². The molecule has 0 radical (unpaired) electrons. The Bertz CT molecular complexity index is 750. The standard InChI is InChI=1S/C17H18N2O4S/c1-10(2)9-15(20)19-17(24)18-12-5-3-11(4-6-12)13-7-8-14(23-13)16(21)22/h3-8,10H,9H2,1-2H3,(H,21,22)(H2,18,19,20,24). The molecular formula is C17H18N2O4S. The van der Waals surface area contributed by atoms with Gasteiger partial charge in [-0.15, -0.1) is 0 Å². The Labute approximate surface area is 144 Å². The summed E-state index contributed by atoms with van der Waals surface area (Å²) in [5.74, 6) is -0.623. The number of nitrogens with one attached hydrogen (secondary N) is 2. The number of amides is 1. The fourth-order valence-corrected chi connectivity index (χ4v) is 2.27. The number of aromatic carboxylic acids is 1. The topological polar surface area (TPSA) is 91.6 Å². The third-order valence-corrected chi connectivity index (χ3v) is 3.29. The maximum atomic E-state index is 11.7. The molecule has 7 heteroatoms. The number of carboxylic acids is 1. The minimum Gasteiger partial charge on any atom is -0.475 e. The molecule has 3 N–H and O–H groups in total. The third-order valence-electron chi connectivity index (χ3n) is 3.09. The summed E-state index contributed by atoms with van der Waals surface area (Å²) in [6.45, 7) is 3.92. The highest BCUT2D eigenvalue weighted by atomic mass is 32.1. The van der Waals surface area contributed by atoms with Crippen molar-refractivity contribution in [3.05, 3.63) is 42.2 Å². The SMILES string of the molecule is CC(C)CC(=O)NC(=S)Nc1ccc(-c2ccc(C(=O)O)o2)cc1. The number of carboxylic acid groups (broad SMARTS) is 1. The van der Waals surface area contributed by atoms with Gasteiger partial charge in [-0.3, -0.25) is 4.79 Å². The summed E-state index contributed by atoms with van der Waals surface area (Å²) in [4.78, 5) is 22.5. The molecule has 24 heavy (non-hydrogen) atoms. The first-order valence-corrected chi connectivity index (χ1v) is 7.80. The van der Waals surface area contributed by atoms with Crippen LogP contribution in [0.15, 0.2) is 40.8 Å². The van der Waals surface area contributed by atoms with E-state index < -0.39 is 5.97 Å². The number of carbonyl (C=O) groups is 2. The molecule has 0 spiro atoms. The number of furan rings is 1. The molecule has 0 fully saturated rings. The largest absolute Gasteiger partial charge is 0.475 e. The highest BCUT2D eigenvalue weighted by Gasteiger charge is 2.11. The Morgan fingerprint density at radius 1 is 1.17 bits per heavy atom. The summed E-state index contributed by atoms with van der Waals surface area (Å²) in [5, 5.41) is 14.6. The van der Waals surface area contributed by atoms with E-state index in [9.17, 15) is 9.59 Å². The van der Waals surface area contributed by atoms with Crippen molar-refractivity contribution in [3.63, 3.8) is 0 Å². The summed E-state index contributed by atoms with van der Waals surface area (Å²) in [7, 11) is 0. The van der Waals surface area contributed by atoms with Gasteiger partial charge in [-0.2, -0.15) is 0 Å². The lowest BCUT2D eigenvalue weighted by Gasteiger charge is -2.10. The maximum Gasteiger partial charge on any atom is 0.371 e. The quantitative estimate of drug-likeness (QED) is 0.718. The molecule has 1 heterocycles. The molecule has 1 amide bonds. The number of thiocarbonyl (C=S) groups is 1. The smallest absolute Gasteiger partial charge is 0.371 e. The lowest BCUT2D eigenvalue weighted by atomic mass is 10.1. The van der Waals surface area contributed by atoms with Crippen LogP contribution in [0.25, 0.3) is 11.3 Å². The van der Waals surface area contributed by atoms with E-state index in [1.807, 2.05) is 13.8 Å². The van der Waals surface area contributed by atoms with Crippen molar-refractivity contribution in [1.82, 2.24) is 5.32 Å². The van der Waals surface area contributed by atoms with Crippen LogP contribution in [0.2, 0.25) is 0 Å². The zero-order valence-corrected chi connectivity index (χ0v) is 14.1. The maximum absolute atomic E-state index is 11.7. The minimum atomic E-state index is -1.11. The average molecular weight is 346 g/mol. The first-order valence-electron chi connectivity index (χ1n) is 7.39. The summed E-state index contributed by atoms with van der Waals surface area (Å²) in [6, 6.07) is 10.1. The Morgan fingerprint density at radius 3 is 2.38 bits per heavy atom. The molecule has 0 saturated heterocycles. The van der Waals surface area contributed by atoms with Gasteiger partial charge in [0, 0.05) is 17.7 Å². The van der Waals surface area contributed by atoms with Crippen molar-refractivity contribution in [2.75, 3.05) is 5.32 Å². The van der Waals surface area contributed by atoms with Crippen LogP contribution in [-0.2, 0) is 4.79 Å². The van der Waals surface area contributed by atoms with Gasteiger partial charge in [-0.1, -0.05) is 13.8 Å². The van der Waals surface area contributed by atoms with Crippen molar-refractivity contribution in [3.8, 4) is 11.3 Å². The van der Waals surface area contributed by atoms with Gasteiger partial charge < -0.3 is 20.2 Å². The van der Waals surface area contributed by atoms with Crippen LogP contribution < -0.4 is 10.6 Å². The van der Waals surface area contributed by atoms with Crippen molar-refractivity contribution < 1.29 is 19.1 Å². The van der Waals surface area contributed by atoms with Gasteiger partial charge in [0.15, 0.2) is 5.11 Å². The van der Waals surface area contributed by atoms with E-state index in [1.165, 1.54) is 6.07 Å². The summed E-state index contributed by atoms with van der Waals surface area (Å²) in [6.07, 6.45) is 0.408. The van der Waals surface area contributed by atoms with E-state index in [2.05, 4.69) is 10.6 Å². The second kappa shape index (κ2) is 7.74. The van der Waals surface area contributed by atoms with E-state index in [0.717, 1.165) is 5.56 Å². The van der Waals surface area contributed by atoms with Crippen molar-refractivity contribution >= 4 is 34.9 Å². The Morgan fingerprint density at radius 2 is 1.83 bits per heavy atom. The fourth-order valence-electron chi connectivity index (χ4n) is 2.04. The number of rotatable bonds is 5. The first-order chi connectivity index (χ1) is 11.3.